The molecule has 0 spiro atoms. The smallest absolute Gasteiger partial charge is 0.283 e. The van der Waals surface area contributed by atoms with E-state index in [2.05, 4.69) is 9.12 Å². The number of benzene rings is 2. The number of hydrogen-bond acceptors (Lipinski definition) is 7. The van der Waals surface area contributed by atoms with Crippen molar-refractivity contribution in [1.82, 2.24) is 13.9 Å². The van der Waals surface area contributed by atoms with E-state index in [0.29, 0.717) is 5.56 Å². The monoisotopic (exact) mass is 606 g/mol. The SMILES string of the molecule is CC(C)(C)[C@H]1C(O)=C(C2=NS(=O)(=O)c3c(CNS(=O)(=O)N4CCOCC4)cccc32)C(=O)N1Cc1ccc(F)cc1. The minimum absolute atomic E-state index is 0.0465. The second kappa shape index (κ2) is 10.6. The molecular formula is C27H31FN4O7S2. The van der Waals surface area contributed by atoms with Crippen LogP contribution in [0.4, 0.5) is 4.39 Å². The van der Waals surface area contributed by atoms with Gasteiger partial charge in [0.25, 0.3) is 26.1 Å². The predicted octanol–water partition coefficient (Wildman–Crippen LogP) is 2.25. The quantitative estimate of drug-likeness (QED) is 0.492. The van der Waals surface area contributed by atoms with Gasteiger partial charge in [-0.1, -0.05) is 51.1 Å². The summed E-state index contributed by atoms with van der Waals surface area (Å²) >= 11 is 0. The summed E-state index contributed by atoms with van der Waals surface area (Å²) in [7, 11) is -8.24. The first-order chi connectivity index (χ1) is 19.2. The maximum Gasteiger partial charge on any atom is 0.283 e. The molecule has 1 fully saturated rings. The molecule has 0 bridgehead atoms. The predicted molar refractivity (Wildman–Crippen MR) is 148 cm³/mol. The van der Waals surface area contributed by atoms with Crippen molar-refractivity contribution < 1.29 is 35.9 Å². The largest absolute Gasteiger partial charge is 0.509 e. The first-order valence-electron chi connectivity index (χ1n) is 13.0. The number of rotatable bonds is 7. The maximum atomic E-state index is 13.8. The van der Waals surface area contributed by atoms with Crippen molar-refractivity contribution in [3.05, 3.63) is 76.3 Å². The molecule has 3 aliphatic heterocycles. The molecule has 1 amide bonds. The fourth-order valence-corrected chi connectivity index (χ4v) is 7.95. The molecule has 11 nitrogen and oxygen atoms in total. The van der Waals surface area contributed by atoms with Gasteiger partial charge in [-0.05, 0) is 28.7 Å². The van der Waals surface area contributed by atoms with Crippen LogP contribution in [-0.2, 0) is 42.9 Å². The van der Waals surface area contributed by atoms with Crippen LogP contribution < -0.4 is 4.72 Å². The van der Waals surface area contributed by atoms with Crippen molar-refractivity contribution in [2.24, 2.45) is 9.81 Å². The summed E-state index contributed by atoms with van der Waals surface area (Å²) < 4.78 is 78.4. The molecule has 5 rings (SSSR count). The Morgan fingerprint density at radius 2 is 1.78 bits per heavy atom. The van der Waals surface area contributed by atoms with Crippen LogP contribution in [0.5, 0.6) is 0 Å². The lowest BCUT2D eigenvalue weighted by molar-refractivity contribution is -0.129. The molecule has 220 valence electrons. The van der Waals surface area contributed by atoms with Gasteiger partial charge in [0.05, 0.1) is 19.3 Å². The van der Waals surface area contributed by atoms with E-state index >= 15 is 0 Å². The lowest BCUT2D eigenvalue weighted by Gasteiger charge is -2.35. The van der Waals surface area contributed by atoms with Gasteiger partial charge in [0, 0.05) is 31.7 Å². The fraction of sp³-hybridized carbons (Fsp3) is 0.407. The van der Waals surface area contributed by atoms with E-state index in [1.165, 1.54) is 45.6 Å². The number of ether oxygens (including phenoxy) is 1. The Bertz CT molecular complexity index is 1660. The van der Waals surface area contributed by atoms with Crippen molar-refractivity contribution in [2.75, 3.05) is 26.3 Å². The third kappa shape index (κ3) is 5.54. The zero-order valence-corrected chi connectivity index (χ0v) is 24.4. The molecule has 41 heavy (non-hydrogen) atoms. The van der Waals surface area contributed by atoms with Crippen molar-refractivity contribution in [3.8, 4) is 0 Å². The molecule has 0 radical (unpaired) electrons. The number of fused-ring (bicyclic) bond motifs is 1. The number of morpholine rings is 1. The molecule has 0 aromatic heterocycles. The summed E-state index contributed by atoms with van der Waals surface area (Å²) in [5.74, 6) is -1.36. The third-order valence-corrected chi connectivity index (χ3v) is 10.2. The van der Waals surface area contributed by atoms with E-state index in [1.54, 1.807) is 6.07 Å². The standard InChI is InChI=1S/C27H31FN4O7S2/c1-27(2,3)25-23(33)21(26(34)32(25)16-17-7-9-19(28)10-8-17)22-20-6-4-5-18(24(20)40(35,36)30-22)15-29-41(37,38)31-11-13-39-14-12-31/h4-10,25,29,33H,11-16H2,1-3H3/t25-/m1/s1. The van der Waals surface area contributed by atoms with E-state index in [4.69, 9.17) is 4.74 Å². The van der Waals surface area contributed by atoms with Crippen LogP contribution in [0.3, 0.4) is 0 Å². The number of aliphatic hydroxyl groups is 1. The summed E-state index contributed by atoms with van der Waals surface area (Å²) in [5, 5.41) is 11.4. The van der Waals surface area contributed by atoms with Crippen molar-refractivity contribution >= 4 is 31.9 Å². The number of carbonyl (C=O) groups is 1. The fourth-order valence-electron chi connectivity index (χ4n) is 5.36. The zero-order valence-electron chi connectivity index (χ0n) is 22.8. The van der Waals surface area contributed by atoms with Crippen LogP contribution in [0.25, 0.3) is 0 Å². The Labute approximate surface area is 238 Å². The van der Waals surface area contributed by atoms with Crippen LogP contribution in [0.15, 0.2) is 63.1 Å². The number of sulfonamides is 1. The summed E-state index contributed by atoms with van der Waals surface area (Å²) in [6.07, 6.45) is 0. The highest BCUT2D eigenvalue weighted by molar-refractivity contribution is 7.91. The molecule has 2 N–H and O–H groups in total. The number of carbonyl (C=O) groups excluding carboxylic acids is 1. The van der Waals surface area contributed by atoms with Gasteiger partial charge in [-0.25, -0.2) is 4.39 Å². The molecule has 1 saturated heterocycles. The Balaban J connectivity index is 1.50. The number of hydrogen-bond donors (Lipinski definition) is 2. The molecule has 0 aliphatic carbocycles. The molecular weight excluding hydrogens is 575 g/mol. The molecule has 2 aromatic rings. The minimum atomic E-state index is -4.33. The van der Waals surface area contributed by atoms with Gasteiger partial charge < -0.3 is 14.7 Å². The van der Waals surface area contributed by atoms with Crippen molar-refractivity contribution in [2.45, 2.75) is 44.8 Å². The summed E-state index contributed by atoms with van der Waals surface area (Å²) in [6, 6.07) is 9.30. The Kier molecular flexibility index (Phi) is 7.57. The second-order valence-corrected chi connectivity index (χ2v) is 14.4. The Hall–Kier alpha value is -3.17. The normalized spacial score (nSPS) is 21.4. The van der Waals surface area contributed by atoms with Crippen molar-refractivity contribution in [3.63, 3.8) is 0 Å². The zero-order chi connectivity index (χ0) is 29.7. The molecule has 1 atom stereocenters. The number of nitrogens with one attached hydrogen (secondary N) is 1. The number of aliphatic hydroxyl groups excluding tert-OH is 1. The molecule has 3 aliphatic rings. The molecule has 3 heterocycles. The van der Waals surface area contributed by atoms with Crippen LogP contribution in [-0.4, -0.2) is 75.1 Å². The van der Waals surface area contributed by atoms with Gasteiger partial charge >= 0.3 is 0 Å². The first kappa shape index (κ1) is 29.3. The maximum absolute atomic E-state index is 13.8. The van der Waals surface area contributed by atoms with Gasteiger partial charge in [-0.15, -0.1) is 0 Å². The van der Waals surface area contributed by atoms with Gasteiger partial charge in [0.2, 0.25) is 0 Å². The van der Waals surface area contributed by atoms with Crippen LogP contribution >= 0.6 is 0 Å². The molecule has 0 unspecified atom stereocenters. The summed E-state index contributed by atoms with van der Waals surface area (Å²) in [5.41, 5.74) is -0.212. The lowest BCUT2D eigenvalue weighted by atomic mass is 9.84. The van der Waals surface area contributed by atoms with Crippen LogP contribution in [0.1, 0.15) is 37.5 Å². The van der Waals surface area contributed by atoms with Crippen LogP contribution in [0.2, 0.25) is 0 Å². The van der Waals surface area contributed by atoms with E-state index in [1.807, 2.05) is 20.8 Å². The second-order valence-electron chi connectivity index (χ2n) is 11.1. The third-order valence-electron chi connectivity index (χ3n) is 7.20. The van der Waals surface area contributed by atoms with E-state index < -0.39 is 43.4 Å². The van der Waals surface area contributed by atoms with E-state index in [0.717, 1.165) is 0 Å². The number of nitrogens with zero attached hydrogens (tertiary/aromatic N) is 3. The van der Waals surface area contributed by atoms with Crippen molar-refractivity contribution in [1.29, 1.82) is 0 Å². The first-order valence-corrected chi connectivity index (χ1v) is 15.9. The minimum Gasteiger partial charge on any atom is -0.509 e. The van der Waals surface area contributed by atoms with E-state index in [-0.39, 0.29) is 72.5 Å². The summed E-state index contributed by atoms with van der Waals surface area (Å²) in [4.78, 5) is 15.0. The highest BCUT2D eigenvalue weighted by atomic mass is 32.2. The average molecular weight is 607 g/mol. The van der Waals surface area contributed by atoms with Gasteiger partial charge in [0.15, 0.2) is 0 Å². The molecule has 14 heteroatoms. The average Bonchev–Trinajstić information content (AvgIpc) is 3.33. The Morgan fingerprint density at radius 1 is 1.12 bits per heavy atom. The van der Waals surface area contributed by atoms with Crippen LogP contribution in [0, 0.1) is 11.2 Å². The highest BCUT2D eigenvalue weighted by Gasteiger charge is 2.49. The van der Waals surface area contributed by atoms with Gasteiger partial charge in [-0.3, -0.25) is 4.79 Å². The van der Waals surface area contributed by atoms with Gasteiger partial charge in [-0.2, -0.15) is 30.3 Å². The Morgan fingerprint density at radius 3 is 2.41 bits per heavy atom. The molecule has 2 aromatic carbocycles. The number of halogens is 1. The van der Waals surface area contributed by atoms with E-state index in [9.17, 15) is 31.1 Å². The topological polar surface area (TPSA) is 146 Å². The number of amides is 1. The summed E-state index contributed by atoms with van der Waals surface area (Å²) in [6.45, 7) is 6.08. The molecule has 0 saturated carbocycles. The lowest BCUT2D eigenvalue weighted by Crippen LogP contribution is -2.46. The highest BCUT2D eigenvalue weighted by Crippen LogP contribution is 2.41. The van der Waals surface area contributed by atoms with Gasteiger partial charge in [0.1, 0.15) is 27.8 Å².